The van der Waals surface area contributed by atoms with Crippen LogP contribution in [0.15, 0.2) is 36.9 Å². The number of hydrogen-bond acceptors (Lipinski definition) is 7. The molecule has 32 heavy (non-hydrogen) atoms. The summed E-state index contributed by atoms with van der Waals surface area (Å²) >= 11 is 0. The van der Waals surface area contributed by atoms with Crippen LogP contribution in [-0.2, 0) is 17.8 Å². The molecule has 3 heterocycles. The molecule has 2 aromatic rings. The van der Waals surface area contributed by atoms with Gasteiger partial charge in [0.1, 0.15) is 11.6 Å². The Morgan fingerprint density at radius 3 is 2.84 bits per heavy atom. The van der Waals surface area contributed by atoms with Crippen molar-refractivity contribution in [1.82, 2.24) is 14.9 Å². The number of nitriles is 1. The SMILES string of the molecule is C=CC(=O)N1CCN(c2nc(OC)nc3c2CCN(c2ccccc2F)C3)CC1CC#N. The van der Waals surface area contributed by atoms with Crippen molar-refractivity contribution in [3.05, 3.63) is 54.0 Å². The number of para-hydroxylation sites is 1. The molecule has 0 N–H and O–H groups in total. The highest BCUT2D eigenvalue weighted by Crippen LogP contribution is 2.32. The van der Waals surface area contributed by atoms with Crippen molar-refractivity contribution in [2.75, 3.05) is 43.1 Å². The molecule has 1 atom stereocenters. The molecule has 1 aromatic heterocycles. The van der Waals surface area contributed by atoms with Gasteiger partial charge in [0.05, 0.1) is 43.6 Å². The Morgan fingerprint density at radius 2 is 2.12 bits per heavy atom. The van der Waals surface area contributed by atoms with Crippen molar-refractivity contribution >= 4 is 17.4 Å². The quantitative estimate of drug-likeness (QED) is 0.665. The molecule has 0 radical (unpaired) electrons. The Hall–Kier alpha value is -3.67. The average molecular weight is 436 g/mol. The Bertz CT molecular complexity index is 1070. The number of piperazine rings is 1. The van der Waals surface area contributed by atoms with E-state index in [1.165, 1.54) is 19.3 Å². The van der Waals surface area contributed by atoms with E-state index < -0.39 is 0 Å². The van der Waals surface area contributed by atoms with E-state index in [4.69, 9.17) is 4.74 Å². The van der Waals surface area contributed by atoms with Gasteiger partial charge in [-0.3, -0.25) is 4.79 Å². The largest absolute Gasteiger partial charge is 0.467 e. The van der Waals surface area contributed by atoms with E-state index in [-0.39, 0.29) is 30.2 Å². The van der Waals surface area contributed by atoms with E-state index in [1.54, 1.807) is 17.0 Å². The zero-order valence-corrected chi connectivity index (χ0v) is 18.0. The number of nitrogens with zero attached hydrogens (tertiary/aromatic N) is 6. The highest BCUT2D eigenvalue weighted by Gasteiger charge is 2.33. The maximum atomic E-state index is 14.3. The Kier molecular flexibility index (Phi) is 6.21. The minimum absolute atomic E-state index is 0.173. The smallest absolute Gasteiger partial charge is 0.318 e. The highest BCUT2D eigenvalue weighted by atomic mass is 19.1. The van der Waals surface area contributed by atoms with E-state index in [2.05, 4.69) is 27.5 Å². The minimum Gasteiger partial charge on any atom is -0.467 e. The van der Waals surface area contributed by atoms with Gasteiger partial charge in [0.2, 0.25) is 5.91 Å². The molecule has 1 aromatic carbocycles. The molecule has 1 saturated heterocycles. The van der Waals surface area contributed by atoms with Crippen molar-refractivity contribution in [1.29, 1.82) is 5.26 Å². The summed E-state index contributed by atoms with van der Waals surface area (Å²) in [6, 6.07) is 8.88. The Labute approximate surface area is 186 Å². The molecule has 1 unspecified atom stereocenters. The van der Waals surface area contributed by atoms with Gasteiger partial charge in [-0.25, -0.2) is 4.39 Å². The van der Waals surface area contributed by atoms with E-state index >= 15 is 0 Å². The summed E-state index contributed by atoms with van der Waals surface area (Å²) in [5.74, 6) is 0.320. The molecule has 4 rings (SSSR count). The van der Waals surface area contributed by atoms with Crippen LogP contribution < -0.4 is 14.5 Å². The number of hydrogen-bond donors (Lipinski definition) is 0. The summed E-state index contributed by atoms with van der Waals surface area (Å²) in [6.45, 7) is 6.17. The standard InChI is InChI=1S/C23H25FN6O2/c1-3-21(31)30-13-12-29(14-16(30)8-10-25)22-17-9-11-28(20-7-5-4-6-18(20)24)15-19(17)26-23(27-22)32-2/h3-7,16H,1,8-9,11-15H2,2H3. The fraction of sp³-hybridized carbons (Fsp3) is 0.391. The number of ether oxygens (including phenoxy) is 1. The zero-order chi connectivity index (χ0) is 22.7. The predicted molar refractivity (Wildman–Crippen MR) is 118 cm³/mol. The van der Waals surface area contributed by atoms with Crippen molar-refractivity contribution in [2.24, 2.45) is 0 Å². The normalized spacial score (nSPS) is 18.0. The van der Waals surface area contributed by atoms with Gasteiger partial charge < -0.3 is 19.4 Å². The second-order valence-corrected chi connectivity index (χ2v) is 7.78. The number of carbonyl (C=O) groups is 1. The van der Waals surface area contributed by atoms with Crippen molar-refractivity contribution < 1.29 is 13.9 Å². The lowest BCUT2D eigenvalue weighted by molar-refractivity contribution is -0.128. The minimum atomic E-state index is -0.264. The number of carbonyl (C=O) groups excluding carboxylic acids is 1. The summed E-state index contributed by atoms with van der Waals surface area (Å²) in [6.07, 6.45) is 2.16. The van der Waals surface area contributed by atoms with Gasteiger partial charge in [-0.15, -0.1) is 0 Å². The number of aromatic nitrogens is 2. The number of rotatable bonds is 5. The van der Waals surface area contributed by atoms with Crippen LogP contribution in [0.3, 0.4) is 0 Å². The van der Waals surface area contributed by atoms with Gasteiger partial charge in [-0.2, -0.15) is 15.2 Å². The maximum Gasteiger partial charge on any atom is 0.318 e. The topological polar surface area (TPSA) is 85.6 Å². The van der Waals surface area contributed by atoms with Gasteiger partial charge in [0.25, 0.3) is 0 Å². The predicted octanol–water partition coefficient (Wildman–Crippen LogP) is 2.30. The molecule has 0 bridgehead atoms. The van der Waals surface area contributed by atoms with Crippen LogP contribution in [0.2, 0.25) is 0 Å². The van der Waals surface area contributed by atoms with Crippen LogP contribution in [-0.4, -0.2) is 60.1 Å². The molecule has 0 saturated carbocycles. The highest BCUT2D eigenvalue weighted by molar-refractivity contribution is 5.87. The molecule has 8 nitrogen and oxygen atoms in total. The van der Waals surface area contributed by atoms with Gasteiger partial charge in [-0.05, 0) is 24.6 Å². The third-order valence-electron chi connectivity index (χ3n) is 5.97. The first-order chi connectivity index (χ1) is 15.5. The van der Waals surface area contributed by atoms with Crippen molar-refractivity contribution in [3.63, 3.8) is 0 Å². The molecule has 1 amide bonds. The average Bonchev–Trinajstić information content (AvgIpc) is 2.83. The fourth-order valence-corrected chi connectivity index (χ4v) is 4.39. The zero-order valence-electron chi connectivity index (χ0n) is 18.0. The maximum absolute atomic E-state index is 14.3. The molecular formula is C23H25FN6O2. The summed E-state index contributed by atoms with van der Waals surface area (Å²) in [5.41, 5.74) is 2.34. The number of anilines is 2. The number of benzene rings is 1. The third kappa shape index (κ3) is 4.08. The molecule has 166 valence electrons. The molecule has 0 spiro atoms. The Morgan fingerprint density at radius 1 is 1.31 bits per heavy atom. The van der Waals surface area contributed by atoms with Crippen LogP contribution in [0.4, 0.5) is 15.9 Å². The van der Waals surface area contributed by atoms with E-state index in [0.29, 0.717) is 44.8 Å². The van der Waals surface area contributed by atoms with Crippen molar-refractivity contribution in [3.8, 4) is 12.1 Å². The summed E-state index contributed by atoms with van der Waals surface area (Å²) in [4.78, 5) is 27.1. The molecular weight excluding hydrogens is 411 g/mol. The van der Waals surface area contributed by atoms with Crippen LogP contribution in [0.25, 0.3) is 0 Å². The first kappa shape index (κ1) is 21.6. The van der Waals surface area contributed by atoms with Gasteiger partial charge >= 0.3 is 6.01 Å². The monoisotopic (exact) mass is 436 g/mol. The van der Waals surface area contributed by atoms with Gasteiger partial charge in [0.15, 0.2) is 0 Å². The lowest BCUT2D eigenvalue weighted by atomic mass is 10.0. The van der Waals surface area contributed by atoms with Gasteiger partial charge in [-0.1, -0.05) is 18.7 Å². The van der Waals surface area contributed by atoms with Crippen LogP contribution >= 0.6 is 0 Å². The summed E-state index contributed by atoms with van der Waals surface area (Å²) in [7, 11) is 1.52. The van der Waals surface area contributed by atoms with Crippen molar-refractivity contribution in [2.45, 2.75) is 25.4 Å². The molecule has 2 aliphatic heterocycles. The summed E-state index contributed by atoms with van der Waals surface area (Å²) in [5, 5.41) is 9.27. The summed E-state index contributed by atoms with van der Waals surface area (Å²) < 4.78 is 19.7. The Balaban J connectivity index is 1.64. The first-order valence-electron chi connectivity index (χ1n) is 10.5. The number of halogens is 1. The molecule has 0 aliphatic carbocycles. The number of methoxy groups -OCH3 is 1. The lowest BCUT2D eigenvalue weighted by Crippen LogP contribution is -2.55. The molecule has 2 aliphatic rings. The molecule has 1 fully saturated rings. The number of fused-ring (bicyclic) bond motifs is 1. The first-order valence-corrected chi connectivity index (χ1v) is 10.5. The second-order valence-electron chi connectivity index (χ2n) is 7.78. The van der Waals surface area contributed by atoms with Crippen LogP contribution in [0.1, 0.15) is 17.7 Å². The van der Waals surface area contributed by atoms with E-state index in [9.17, 15) is 14.4 Å². The van der Waals surface area contributed by atoms with Crippen LogP contribution in [0, 0.1) is 17.1 Å². The van der Waals surface area contributed by atoms with E-state index in [0.717, 1.165) is 17.1 Å². The number of amides is 1. The van der Waals surface area contributed by atoms with Crippen LogP contribution in [0.5, 0.6) is 6.01 Å². The van der Waals surface area contributed by atoms with E-state index in [1.807, 2.05) is 11.0 Å². The fourth-order valence-electron chi connectivity index (χ4n) is 4.39. The lowest BCUT2D eigenvalue weighted by Gasteiger charge is -2.42. The third-order valence-corrected chi connectivity index (χ3v) is 5.97. The van der Waals surface area contributed by atoms with Gasteiger partial charge in [0, 0.05) is 31.7 Å². The second kappa shape index (κ2) is 9.22. The molecule has 9 heteroatoms.